The van der Waals surface area contributed by atoms with Crippen molar-refractivity contribution in [3.63, 3.8) is 0 Å². The zero-order valence-corrected chi connectivity index (χ0v) is 15.5. The van der Waals surface area contributed by atoms with E-state index in [4.69, 9.17) is 0 Å². The first kappa shape index (κ1) is 17.0. The highest BCUT2D eigenvalue weighted by Crippen LogP contribution is 2.55. The lowest BCUT2D eigenvalue weighted by molar-refractivity contribution is -0.146. The maximum absolute atomic E-state index is 12.8. The van der Waals surface area contributed by atoms with Crippen LogP contribution in [-0.2, 0) is 9.59 Å². The van der Waals surface area contributed by atoms with Gasteiger partial charge in [0.25, 0.3) is 0 Å². The molecule has 5 rings (SSSR count). The molecule has 4 aliphatic carbocycles. The number of hydrogen-bond acceptors (Lipinski definition) is 2. The van der Waals surface area contributed by atoms with Crippen molar-refractivity contribution in [1.29, 1.82) is 0 Å². The third kappa shape index (κ3) is 2.65. The molecule has 0 aliphatic heterocycles. The van der Waals surface area contributed by atoms with Gasteiger partial charge in [-0.25, -0.2) is 0 Å². The zero-order valence-electron chi connectivity index (χ0n) is 15.5. The summed E-state index contributed by atoms with van der Waals surface area (Å²) >= 11 is 0. The average molecular weight is 344 g/mol. The number of allylic oxidation sites excluding steroid dienone is 7. The predicted molar refractivity (Wildman–Crippen MR) is 104 cm³/mol. The number of rotatable bonds is 2. The number of ketones is 2. The van der Waals surface area contributed by atoms with E-state index in [9.17, 15) is 9.59 Å². The Morgan fingerprint density at radius 3 is 2.42 bits per heavy atom. The Hall–Kier alpha value is -2.48. The van der Waals surface area contributed by atoms with Crippen LogP contribution in [0.1, 0.15) is 26.3 Å². The van der Waals surface area contributed by atoms with Crippen LogP contribution in [-0.4, -0.2) is 11.6 Å². The first-order valence-electron chi connectivity index (χ1n) is 9.29. The maximum atomic E-state index is 12.8. The van der Waals surface area contributed by atoms with Crippen LogP contribution in [0.15, 0.2) is 71.9 Å². The fourth-order valence-corrected chi connectivity index (χ4v) is 4.62. The Morgan fingerprint density at radius 2 is 1.73 bits per heavy atom. The number of Topliss-reactive ketones (excluding diaryl/α,β-unsaturated/α-hetero) is 2. The number of fused-ring (bicyclic) bond motifs is 1. The molecule has 1 fully saturated rings. The van der Waals surface area contributed by atoms with Crippen molar-refractivity contribution in [3.8, 4) is 0 Å². The van der Waals surface area contributed by atoms with Crippen molar-refractivity contribution < 1.29 is 9.59 Å². The second kappa shape index (κ2) is 6.05. The third-order valence-electron chi connectivity index (χ3n) is 5.85. The third-order valence-corrected chi connectivity index (χ3v) is 5.85. The monoisotopic (exact) mass is 344 g/mol. The molecule has 132 valence electrons. The van der Waals surface area contributed by atoms with E-state index in [2.05, 4.69) is 63.3 Å². The Bertz CT molecular complexity index is 875. The molecule has 0 heterocycles. The molecule has 0 spiro atoms. The van der Waals surface area contributed by atoms with Gasteiger partial charge < -0.3 is 0 Å². The predicted octanol–water partition coefficient (Wildman–Crippen LogP) is 4.80. The molecule has 1 aromatic carbocycles. The Balaban J connectivity index is 1.68. The van der Waals surface area contributed by atoms with Crippen LogP contribution in [0.4, 0.5) is 0 Å². The minimum absolute atomic E-state index is 0.0994. The maximum Gasteiger partial charge on any atom is 0.206 e. The lowest BCUT2D eigenvalue weighted by Gasteiger charge is -2.46. The van der Waals surface area contributed by atoms with Crippen molar-refractivity contribution in [2.45, 2.75) is 20.8 Å². The molecule has 1 saturated carbocycles. The van der Waals surface area contributed by atoms with Gasteiger partial charge in [0.15, 0.2) is 0 Å². The normalized spacial score (nSPS) is 31.8. The number of carbonyl (C=O) groups is 2. The van der Waals surface area contributed by atoms with Crippen molar-refractivity contribution in [2.24, 2.45) is 29.1 Å². The van der Waals surface area contributed by atoms with Crippen molar-refractivity contribution >= 4 is 17.6 Å². The molecule has 0 saturated heterocycles. The molecular weight excluding hydrogens is 320 g/mol. The Labute approximate surface area is 155 Å². The fraction of sp³-hybridized carbons (Fsp3) is 0.333. The highest BCUT2D eigenvalue weighted by Gasteiger charge is 2.56. The molecule has 4 aliphatic rings. The standard InChI is InChI=1S/C24H24O2/c1-24(2,3)19-14-18-17-13-12-16(20(17)21(19)23(26)22(18)25)11-7-10-15-8-5-4-6-9-15/h4-14,17-18,20-21H,1-3H3/b10-7+,16-11+/t17-,18+,20-,21-/m0/s1. The van der Waals surface area contributed by atoms with E-state index in [0.717, 1.165) is 16.7 Å². The molecule has 2 heteroatoms. The van der Waals surface area contributed by atoms with Gasteiger partial charge in [-0.3, -0.25) is 9.59 Å². The molecule has 0 radical (unpaired) electrons. The molecule has 0 unspecified atom stereocenters. The average Bonchev–Trinajstić information content (AvgIpc) is 3.03. The number of benzene rings is 1. The molecule has 0 aromatic heterocycles. The highest BCUT2D eigenvalue weighted by atomic mass is 16.2. The molecule has 26 heavy (non-hydrogen) atoms. The van der Waals surface area contributed by atoms with Crippen LogP contribution in [0.5, 0.6) is 0 Å². The summed E-state index contributed by atoms with van der Waals surface area (Å²) in [6, 6.07) is 10.2. The molecule has 4 atom stereocenters. The second-order valence-corrected chi connectivity index (χ2v) is 8.50. The van der Waals surface area contributed by atoms with Crippen LogP contribution >= 0.6 is 0 Å². The van der Waals surface area contributed by atoms with Gasteiger partial charge in [0, 0.05) is 5.92 Å². The van der Waals surface area contributed by atoms with Crippen LogP contribution in [0.25, 0.3) is 6.08 Å². The summed E-state index contributed by atoms with van der Waals surface area (Å²) in [5.74, 6) is -0.742. The van der Waals surface area contributed by atoms with Gasteiger partial charge >= 0.3 is 0 Å². The number of hydrogen-bond donors (Lipinski definition) is 0. The quantitative estimate of drug-likeness (QED) is 0.570. The van der Waals surface area contributed by atoms with Gasteiger partial charge in [0.2, 0.25) is 11.6 Å². The Kier molecular flexibility index (Phi) is 3.95. The van der Waals surface area contributed by atoms with Gasteiger partial charge in [0.1, 0.15) is 0 Å². The Morgan fingerprint density at radius 1 is 1.00 bits per heavy atom. The number of carbonyl (C=O) groups excluding carboxylic acids is 2. The van der Waals surface area contributed by atoms with E-state index in [0.29, 0.717) is 0 Å². The molecule has 2 bridgehead atoms. The molecule has 1 aromatic rings. The molecule has 0 N–H and O–H groups in total. The van der Waals surface area contributed by atoms with Crippen LogP contribution in [0.2, 0.25) is 0 Å². The summed E-state index contributed by atoms with van der Waals surface area (Å²) < 4.78 is 0. The fourth-order valence-electron chi connectivity index (χ4n) is 4.62. The lowest BCUT2D eigenvalue weighted by Crippen LogP contribution is -2.51. The van der Waals surface area contributed by atoms with Gasteiger partial charge in [-0.1, -0.05) is 93.1 Å². The second-order valence-electron chi connectivity index (χ2n) is 8.50. The minimum atomic E-state index is -0.302. The highest BCUT2D eigenvalue weighted by molar-refractivity contribution is 6.41. The summed E-state index contributed by atoms with van der Waals surface area (Å²) in [4.78, 5) is 25.2. The lowest BCUT2D eigenvalue weighted by atomic mass is 9.54. The van der Waals surface area contributed by atoms with Gasteiger partial charge in [-0.05, 0) is 22.5 Å². The summed E-state index contributed by atoms with van der Waals surface area (Å²) in [6.45, 7) is 6.40. The van der Waals surface area contributed by atoms with Gasteiger partial charge in [-0.2, -0.15) is 0 Å². The van der Waals surface area contributed by atoms with Gasteiger partial charge in [-0.15, -0.1) is 0 Å². The summed E-state index contributed by atoms with van der Waals surface area (Å²) in [5, 5.41) is 0. The van der Waals surface area contributed by atoms with E-state index in [1.807, 2.05) is 24.3 Å². The smallest absolute Gasteiger partial charge is 0.206 e. The van der Waals surface area contributed by atoms with Crippen molar-refractivity contribution in [1.82, 2.24) is 0 Å². The minimum Gasteiger partial charge on any atom is -0.290 e. The van der Waals surface area contributed by atoms with Crippen molar-refractivity contribution in [3.05, 3.63) is 77.4 Å². The summed E-state index contributed by atoms with van der Waals surface area (Å²) in [6.07, 6.45) is 12.5. The van der Waals surface area contributed by atoms with Crippen LogP contribution in [0, 0.1) is 29.1 Å². The van der Waals surface area contributed by atoms with Crippen LogP contribution < -0.4 is 0 Å². The van der Waals surface area contributed by atoms with E-state index in [-0.39, 0.29) is 40.7 Å². The molecule has 2 nitrogen and oxygen atoms in total. The largest absolute Gasteiger partial charge is 0.290 e. The van der Waals surface area contributed by atoms with Gasteiger partial charge in [0.05, 0.1) is 11.8 Å². The summed E-state index contributed by atoms with van der Waals surface area (Å²) in [7, 11) is 0. The first-order valence-corrected chi connectivity index (χ1v) is 9.29. The summed E-state index contributed by atoms with van der Waals surface area (Å²) in [5.41, 5.74) is 3.34. The molecule has 0 amide bonds. The first-order chi connectivity index (χ1) is 12.4. The van der Waals surface area contributed by atoms with E-state index in [1.165, 1.54) is 0 Å². The van der Waals surface area contributed by atoms with E-state index < -0.39 is 0 Å². The SMILES string of the molecule is CC(C)(C)C1=C[C@H]2C(=O)C(=O)[C@@H]1[C@H]1/C(=C/C=C/c3ccccc3)C=C[C@H]12. The van der Waals surface area contributed by atoms with Crippen LogP contribution in [0.3, 0.4) is 0 Å². The van der Waals surface area contributed by atoms with E-state index in [1.54, 1.807) is 0 Å². The van der Waals surface area contributed by atoms with Crippen molar-refractivity contribution in [2.75, 3.05) is 0 Å². The molecular formula is C24H24O2. The van der Waals surface area contributed by atoms with E-state index >= 15 is 0 Å². The topological polar surface area (TPSA) is 34.1 Å². The zero-order chi connectivity index (χ0) is 18.5.